The van der Waals surface area contributed by atoms with Crippen molar-refractivity contribution in [2.75, 3.05) is 11.1 Å². The van der Waals surface area contributed by atoms with E-state index < -0.39 is 0 Å². The molecule has 3 N–H and O–H groups in total. The summed E-state index contributed by atoms with van der Waals surface area (Å²) in [7, 11) is 0. The van der Waals surface area contributed by atoms with Crippen molar-refractivity contribution in [2.24, 2.45) is 0 Å². The van der Waals surface area contributed by atoms with Gasteiger partial charge < -0.3 is 11.1 Å². The van der Waals surface area contributed by atoms with Crippen LogP contribution in [-0.2, 0) is 5.41 Å². The van der Waals surface area contributed by atoms with E-state index >= 15 is 0 Å². The van der Waals surface area contributed by atoms with E-state index in [0.717, 1.165) is 5.56 Å². The van der Waals surface area contributed by atoms with Crippen LogP contribution in [0.4, 0.5) is 11.4 Å². The standard InChI is InChI=1S/C24H23ClN2O2/c1-24(2,3)17-11-7-15(8-12-17)22(28)19-5-4-6-20(26)21(19)27-23(29)16-9-13-18(25)14-10-16/h4-14H,26H2,1-3H3,(H,27,29). The zero-order valence-corrected chi connectivity index (χ0v) is 17.4. The topological polar surface area (TPSA) is 72.2 Å². The number of carbonyl (C=O) groups is 2. The first-order chi connectivity index (χ1) is 13.7. The van der Waals surface area contributed by atoms with Gasteiger partial charge >= 0.3 is 0 Å². The normalized spacial score (nSPS) is 11.2. The van der Waals surface area contributed by atoms with Gasteiger partial charge in [-0.25, -0.2) is 0 Å². The first-order valence-electron chi connectivity index (χ1n) is 9.27. The molecule has 5 heteroatoms. The van der Waals surface area contributed by atoms with E-state index in [1.807, 2.05) is 12.1 Å². The number of halogens is 1. The van der Waals surface area contributed by atoms with Crippen molar-refractivity contribution in [1.29, 1.82) is 0 Å². The van der Waals surface area contributed by atoms with Crippen molar-refractivity contribution in [3.63, 3.8) is 0 Å². The third-order valence-electron chi connectivity index (χ3n) is 4.70. The molecule has 0 bridgehead atoms. The number of hydrogen-bond acceptors (Lipinski definition) is 3. The quantitative estimate of drug-likeness (QED) is 0.431. The highest BCUT2D eigenvalue weighted by molar-refractivity contribution is 6.30. The second-order valence-electron chi connectivity index (χ2n) is 7.89. The average Bonchev–Trinajstić information content (AvgIpc) is 2.69. The molecule has 0 atom stereocenters. The van der Waals surface area contributed by atoms with E-state index in [4.69, 9.17) is 17.3 Å². The Bertz CT molecular complexity index is 1050. The maximum Gasteiger partial charge on any atom is 0.255 e. The Balaban J connectivity index is 1.92. The number of anilines is 2. The van der Waals surface area contributed by atoms with Crippen LogP contribution >= 0.6 is 11.6 Å². The number of rotatable bonds is 4. The minimum atomic E-state index is -0.364. The average molecular weight is 407 g/mol. The number of nitrogens with two attached hydrogens (primary N) is 1. The number of ketones is 1. The fraction of sp³-hybridized carbons (Fsp3) is 0.167. The Morgan fingerprint density at radius 3 is 2.03 bits per heavy atom. The van der Waals surface area contributed by atoms with Gasteiger partial charge in [0.25, 0.3) is 5.91 Å². The van der Waals surface area contributed by atoms with Gasteiger partial charge in [-0.2, -0.15) is 0 Å². The minimum absolute atomic E-state index is 0.00350. The molecule has 0 spiro atoms. The van der Waals surface area contributed by atoms with E-state index in [2.05, 4.69) is 26.1 Å². The molecule has 148 valence electrons. The lowest BCUT2D eigenvalue weighted by Gasteiger charge is -2.19. The summed E-state index contributed by atoms with van der Waals surface area (Å²) in [6.07, 6.45) is 0. The van der Waals surface area contributed by atoms with E-state index in [0.29, 0.717) is 33.1 Å². The summed E-state index contributed by atoms with van der Waals surface area (Å²) in [6, 6.07) is 19.0. The van der Waals surface area contributed by atoms with Crippen molar-refractivity contribution in [2.45, 2.75) is 26.2 Å². The second kappa shape index (κ2) is 8.10. The maximum atomic E-state index is 13.1. The highest BCUT2D eigenvalue weighted by atomic mass is 35.5. The van der Waals surface area contributed by atoms with Gasteiger partial charge in [-0.3, -0.25) is 9.59 Å². The number of carbonyl (C=O) groups excluding carboxylic acids is 2. The molecule has 0 aliphatic rings. The number of benzene rings is 3. The molecule has 0 fully saturated rings. The SMILES string of the molecule is CC(C)(C)c1ccc(C(=O)c2cccc(N)c2NC(=O)c2ccc(Cl)cc2)cc1. The number of hydrogen-bond donors (Lipinski definition) is 2. The van der Waals surface area contributed by atoms with Crippen molar-refractivity contribution in [1.82, 2.24) is 0 Å². The summed E-state index contributed by atoms with van der Waals surface area (Å²) >= 11 is 5.88. The Hall–Kier alpha value is -3.11. The fourth-order valence-electron chi connectivity index (χ4n) is 2.96. The number of nitrogen functional groups attached to an aromatic ring is 1. The fourth-order valence-corrected chi connectivity index (χ4v) is 3.09. The van der Waals surface area contributed by atoms with Crippen LogP contribution in [0.1, 0.15) is 52.6 Å². The Kier molecular flexibility index (Phi) is 5.76. The zero-order valence-electron chi connectivity index (χ0n) is 16.6. The number of para-hydroxylation sites is 1. The Morgan fingerprint density at radius 2 is 1.45 bits per heavy atom. The lowest BCUT2D eigenvalue weighted by atomic mass is 9.86. The van der Waals surface area contributed by atoms with Gasteiger partial charge in [0.05, 0.1) is 11.4 Å². The summed E-state index contributed by atoms with van der Waals surface area (Å²) in [5.41, 5.74) is 9.14. The summed E-state index contributed by atoms with van der Waals surface area (Å²) in [4.78, 5) is 25.7. The molecular formula is C24H23ClN2O2. The van der Waals surface area contributed by atoms with Crippen LogP contribution in [0, 0.1) is 0 Å². The molecule has 3 aromatic carbocycles. The monoisotopic (exact) mass is 406 g/mol. The summed E-state index contributed by atoms with van der Waals surface area (Å²) < 4.78 is 0. The van der Waals surface area contributed by atoms with Gasteiger partial charge in [0.15, 0.2) is 5.78 Å². The predicted octanol–water partition coefficient (Wildman–Crippen LogP) is 5.70. The Morgan fingerprint density at radius 1 is 0.862 bits per heavy atom. The third kappa shape index (κ3) is 4.66. The molecule has 0 aliphatic heterocycles. The van der Waals surface area contributed by atoms with Crippen molar-refractivity contribution < 1.29 is 9.59 Å². The molecule has 0 aromatic heterocycles. The molecular weight excluding hydrogens is 384 g/mol. The van der Waals surface area contributed by atoms with Crippen LogP contribution in [-0.4, -0.2) is 11.7 Å². The molecule has 0 radical (unpaired) electrons. The molecule has 0 aliphatic carbocycles. The van der Waals surface area contributed by atoms with Crippen LogP contribution in [0.15, 0.2) is 66.7 Å². The van der Waals surface area contributed by atoms with E-state index in [1.165, 1.54) is 0 Å². The molecule has 29 heavy (non-hydrogen) atoms. The third-order valence-corrected chi connectivity index (χ3v) is 4.95. The van der Waals surface area contributed by atoms with E-state index in [1.54, 1.807) is 54.6 Å². The molecule has 0 saturated carbocycles. The van der Waals surface area contributed by atoms with Crippen LogP contribution in [0.5, 0.6) is 0 Å². The van der Waals surface area contributed by atoms with Crippen molar-refractivity contribution in [3.05, 3.63) is 94.0 Å². The summed E-state index contributed by atoms with van der Waals surface area (Å²) in [5, 5.41) is 3.31. The van der Waals surface area contributed by atoms with Crippen LogP contribution in [0.2, 0.25) is 5.02 Å². The van der Waals surface area contributed by atoms with Gasteiger partial charge in [-0.05, 0) is 47.4 Å². The smallest absolute Gasteiger partial charge is 0.255 e. The molecule has 3 rings (SSSR count). The zero-order chi connectivity index (χ0) is 21.2. The highest BCUT2D eigenvalue weighted by Gasteiger charge is 2.19. The molecule has 3 aromatic rings. The largest absolute Gasteiger partial charge is 0.397 e. The molecule has 0 saturated heterocycles. The number of nitrogens with one attached hydrogen (secondary N) is 1. The molecule has 4 nitrogen and oxygen atoms in total. The lowest BCUT2D eigenvalue weighted by Crippen LogP contribution is -2.17. The molecule has 1 amide bonds. The minimum Gasteiger partial charge on any atom is -0.397 e. The van der Waals surface area contributed by atoms with Crippen molar-refractivity contribution in [3.8, 4) is 0 Å². The van der Waals surface area contributed by atoms with Gasteiger partial charge in [0.2, 0.25) is 0 Å². The van der Waals surface area contributed by atoms with Gasteiger partial charge in [0, 0.05) is 21.7 Å². The second-order valence-corrected chi connectivity index (χ2v) is 8.32. The molecule has 0 unspecified atom stereocenters. The summed E-state index contributed by atoms with van der Waals surface area (Å²) in [6.45, 7) is 6.35. The van der Waals surface area contributed by atoms with Gasteiger partial charge in [0.1, 0.15) is 0 Å². The van der Waals surface area contributed by atoms with Crippen molar-refractivity contribution >= 4 is 34.7 Å². The molecule has 0 heterocycles. The lowest BCUT2D eigenvalue weighted by molar-refractivity contribution is 0.102. The first kappa shape index (κ1) is 20.6. The Labute approximate surface area is 175 Å². The highest BCUT2D eigenvalue weighted by Crippen LogP contribution is 2.28. The van der Waals surface area contributed by atoms with Crippen LogP contribution in [0.3, 0.4) is 0 Å². The number of amides is 1. The van der Waals surface area contributed by atoms with Crippen LogP contribution < -0.4 is 11.1 Å². The van der Waals surface area contributed by atoms with Crippen LogP contribution in [0.25, 0.3) is 0 Å². The van der Waals surface area contributed by atoms with E-state index in [9.17, 15) is 9.59 Å². The van der Waals surface area contributed by atoms with Gasteiger partial charge in [-0.1, -0.05) is 62.7 Å². The summed E-state index contributed by atoms with van der Waals surface area (Å²) in [5.74, 6) is -0.569. The van der Waals surface area contributed by atoms with E-state index in [-0.39, 0.29) is 17.1 Å². The van der Waals surface area contributed by atoms with Gasteiger partial charge in [-0.15, -0.1) is 0 Å². The maximum absolute atomic E-state index is 13.1. The predicted molar refractivity (Wildman–Crippen MR) is 119 cm³/mol. The first-order valence-corrected chi connectivity index (χ1v) is 9.65.